The summed E-state index contributed by atoms with van der Waals surface area (Å²) in [5, 5.41) is 9.12. The van der Waals surface area contributed by atoms with Gasteiger partial charge in [-0.1, -0.05) is 29.5 Å². The molecule has 2 aliphatic rings. The van der Waals surface area contributed by atoms with Crippen LogP contribution in [0.15, 0.2) is 48.7 Å². The second kappa shape index (κ2) is 9.51. The molecule has 1 unspecified atom stereocenters. The van der Waals surface area contributed by atoms with Gasteiger partial charge in [-0.25, -0.2) is 9.37 Å². The Labute approximate surface area is 219 Å². The number of piperidine rings is 1. The average Bonchev–Trinajstić information content (AvgIpc) is 3.51. The number of hydrogen-bond donors (Lipinski definition) is 0. The van der Waals surface area contributed by atoms with Gasteiger partial charge in [0.2, 0.25) is 0 Å². The summed E-state index contributed by atoms with van der Waals surface area (Å²) in [6.07, 6.45) is -1.91. The minimum atomic E-state index is -4.60. The SMILES string of the molecule is O=C(CN1CCCC(F)(c2nnc(-c3cccc(C(F)(F)F)n3)s2)C1)c1ccc2ccn(C3COC3)c2c1. The molecule has 198 valence electrons. The summed E-state index contributed by atoms with van der Waals surface area (Å²) in [5.41, 5.74) is -1.40. The minimum Gasteiger partial charge on any atom is -0.377 e. The van der Waals surface area contributed by atoms with E-state index in [2.05, 4.69) is 19.7 Å². The van der Waals surface area contributed by atoms with Crippen LogP contribution in [0.5, 0.6) is 0 Å². The number of ketones is 1. The van der Waals surface area contributed by atoms with Gasteiger partial charge in [0.15, 0.2) is 21.5 Å². The largest absolute Gasteiger partial charge is 0.433 e. The molecule has 0 spiro atoms. The van der Waals surface area contributed by atoms with Gasteiger partial charge in [0.1, 0.15) is 11.4 Å². The zero-order valence-corrected chi connectivity index (χ0v) is 20.9. The molecular formula is C26H23F4N5O2S. The maximum Gasteiger partial charge on any atom is 0.433 e. The van der Waals surface area contributed by atoms with Gasteiger partial charge in [0.05, 0.1) is 25.8 Å². The van der Waals surface area contributed by atoms with Gasteiger partial charge in [0.25, 0.3) is 0 Å². The summed E-state index contributed by atoms with van der Waals surface area (Å²) in [6, 6.07) is 11.3. The summed E-state index contributed by atoms with van der Waals surface area (Å²) in [5.74, 6) is -0.111. The molecule has 0 bridgehead atoms. The molecule has 38 heavy (non-hydrogen) atoms. The number of likely N-dealkylation sites (tertiary alicyclic amines) is 1. The minimum absolute atomic E-state index is 0.0105. The Morgan fingerprint density at radius 2 is 2.00 bits per heavy atom. The highest BCUT2D eigenvalue weighted by Gasteiger charge is 2.41. The molecule has 2 aliphatic heterocycles. The third-order valence-electron chi connectivity index (χ3n) is 7.01. The first-order valence-electron chi connectivity index (χ1n) is 12.2. The van der Waals surface area contributed by atoms with Crippen molar-refractivity contribution >= 4 is 28.0 Å². The predicted octanol–water partition coefficient (Wildman–Crippen LogP) is 5.29. The third kappa shape index (κ3) is 4.72. The summed E-state index contributed by atoms with van der Waals surface area (Å²) in [4.78, 5) is 18.6. The van der Waals surface area contributed by atoms with Crippen molar-refractivity contribution in [3.05, 3.63) is 64.9 Å². The van der Waals surface area contributed by atoms with Crippen molar-refractivity contribution in [3.63, 3.8) is 0 Å². The molecule has 12 heteroatoms. The van der Waals surface area contributed by atoms with E-state index in [-0.39, 0.29) is 47.0 Å². The van der Waals surface area contributed by atoms with E-state index in [1.807, 2.05) is 24.4 Å². The maximum atomic E-state index is 16.1. The van der Waals surface area contributed by atoms with Gasteiger partial charge in [-0.05, 0) is 49.0 Å². The van der Waals surface area contributed by atoms with Crippen molar-refractivity contribution < 1.29 is 27.1 Å². The van der Waals surface area contributed by atoms with Crippen LogP contribution in [0.2, 0.25) is 0 Å². The third-order valence-corrected chi connectivity index (χ3v) is 8.14. The van der Waals surface area contributed by atoms with Crippen molar-refractivity contribution in [1.29, 1.82) is 0 Å². The van der Waals surface area contributed by atoms with Gasteiger partial charge in [0, 0.05) is 23.8 Å². The number of hydrogen-bond acceptors (Lipinski definition) is 7. The van der Waals surface area contributed by atoms with Crippen molar-refractivity contribution in [2.24, 2.45) is 0 Å². The lowest BCUT2D eigenvalue weighted by molar-refractivity contribution is -0.141. The number of ether oxygens (including phenoxy) is 1. The van der Waals surface area contributed by atoms with E-state index in [9.17, 15) is 18.0 Å². The Morgan fingerprint density at radius 3 is 2.76 bits per heavy atom. The Balaban J connectivity index is 1.17. The highest BCUT2D eigenvalue weighted by molar-refractivity contribution is 7.14. The Bertz CT molecular complexity index is 1500. The number of rotatable bonds is 6. The van der Waals surface area contributed by atoms with E-state index in [1.165, 1.54) is 12.1 Å². The van der Waals surface area contributed by atoms with Crippen LogP contribution in [0, 0.1) is 0 Å². The van der Waals surface area contributed by atoms with E-state index in [4.69, 9.17) is 4.74 Å². The number of benzene rings is 1. The molecule has 0 amide bonds. The fourth-order valence-corrected chi connectivity index (χ4v) is 5.86. The molecular weight excluding hydrogens is 522 g/mol. The first-order chi connectivity index (χ1) is 18.2. The van der Waals surface area contributed by atoms with Gasteiger partial charge in [-0.3, -0.25) is 9.69 Å². The van der Waals surface area contributed by atoms with Crippen molar-refractivity contribution in [1.82, 2.24) is 24.6 Å². The number of alkyl halides is 4. The monoisotopic (exact) mass is 545 g/mol. The first kappa shape index (κ1) is 25.1. The highest BCUT2D eigenvalue weighted by atomic mass is 32.1. The number of pyridine rings is 1. The van der Waals surface area contributed by atoms with Crippen LogP contribution in [-0.2, 0) is 16.6 Å². The van der Waals surface area contributed by atoms with Crippen molar-refractivity contribution in [2.75, 3.05) is 32.8 Å². The topological polar surface area (TPSA) is 73.1 Å². The number of carbonyl (C=O) groups is 1. The molecule has 0 N–H and O–H groups in total. The Morgan fingerprint density at radius 1 is 1.16 bits per heavy atom. The van der Waals surface area contributed by atoms with Crippen LogP contribution in [0.4, 0.5) is 17.6 Å². The summed E-state index contributed by atoms with van der Waals surface area (Å²) >= 11 is 0.891. The lowest BCUT2D eigenvalue weighted by atomic mass is 9.95. The molecule has 6 rings (SSSR count). The number of nitrogens with zero attached hydrogens (tertiary/aromatic N) is 5. The normalized spacial score (nSPS) is 21.1. The molecule has 1 atom stereocenters. The Hall–Kier alpha value is -3.22. The number of aromatic nitrogens is 4. The zero-order valence-electron chi connectivity index (χ0n) is 20.1. The summed E-state index contributed by atoms with van der Waals surface area (Å²) < 4.78 is 62.7. The number of halogens is 4. The van der Waals surface area contributed by atoms with Crippen LogP contribution in [0.1, 0.15) is 39.9 Å². The lowest BCUT2D eigenvalue weighted by Gasteiger charge is -2.35. The molecule has 7 nitrogen and oxygen atoms in total. The van der Waals surface area contributed by atoms with Crippen LogP contribution in [0.25, 0.3) is 21.6 Å². The fourth-order valence-electron chi connectivity index (χ4n) is 4.94. The lowest BCUT2D eigenvalue weighted by Crippen LogP contribution is -2.45. The van der Waals surface area contributed by atoms with E-state index in [1.54, 1.807) is 11.0 Å². The molecule has 0 saturated carbocycles. The van der Waals surface area contributed by atoms with Crippen molar-refractivity contribution in [3.8, 4) is 10.7 Å². The second-order valence-electron chi connectivity index (χ2n) is 9.71. The smallest absolute Gasteiger partial charge is 0.377 e. The number of Topliss-reactive ketones (excluding diaryl/α,β-unsaturated/α-hetero) is 1. The number of carbonyl (C=O) groups excluding carboxylic acids is 1. The van der Waals surface area contributed by atoms with Gasteiger partial charge in [-0.2, -0.15) is 13.2 Å². The van der Waals surface area contributed by atoms with E-state index in [0.717, 1.165) is 28.3 Å². The molecule has 2 saturated heterocycles. The van der Waals surface area contributed by atoms with Crippen molar-refractivity contribution in [2.45, 2.75) is 30.7 Å². The Kier molecular flexibility index (Phi) is 6.28. The van der Waals surface area contributed by atoms with Gasteiger partial charge >= 0.3 is 6.18 Å². The quantitative estimate of drug-likeness (QED) is 0.242. The standard InChI is InChI=1S/C26H23F4N5O2S/c27-25(24-33-32-23(38-24)19-3-1-4-22(31-19)26(28,29)30)8-2-9-34(15-25)12-21(36)17-6-5-16-7-10-35(20(16)11-17)18-13-37-14-18/h1,3-7,10-11,18H,2,8-9,12-15H2. The molecule has 4 aromatic rings. The number of fused-ring (bicyclic) bond motifs is 1. The van der Waals surface area contributed by atoms with E-state index < -0.39 is 17.5 Å². The predicted molar refractivity (Wildman–Crippen MR) is 133 cm³/mol. The van der Waals surface area contributed by atoms with Crippen LogP contribution in [-0.4, -0.2) is 63.3 Å². The molecule has 0 aliphatic carbocycles. The highest BCUT2D eigenvalue weighted by Crippen LogP contribution is 2.39. The van der Waals surface area contributed by atoms with Crippen LogP contribution in [0.3, 0.4) is 0 Å². The maximum absolute atomic E-state index is 16.1. The molecule has 5 heterocycles. The molecule has 1 aromatic carbocycles. The molecule has 2 fully saturated rings. The second-order valence-corrected chi connectivity index (χ2v) is 10.7. The van der Waals surface area contributed by atoms with E-state index >= 15 is 4.39 Å². The van der Waals surface area contributed by atoms with Gasteiger partial charge in [-0.15, -0.1) is 10.2 Å². The zero-order chi connectivity index (χ0) is 26.5. The summed E-state index contributed by atoms with van der Waals surface area (Å²) in [6.45, 7) is 1.83. The fraction of sp³-hybridized carbons (Fsp3) is 0.385. The van der Waals surface area contributed by atoms with Gasteiger partial charge < -0.3 is 9.30 Å². The summed E-state index contributed by atoms with van der Waals surface area (Å²) in [7, 11) is 0. The average molecular weight is 546 g/mol. The molecule has 3 aromatic heterocycles. The first-order valence-corrected chi connectivity index (χ1v) is 13.0. The van der Waals surface area contributed by atoms with Crippen LogP contribution < -0.4 is 0 Å². The van der Waals surface area contributed by atoms with Crippen LogP contribution >= 0.6 is 11.3 Å². The molecule has 0 radical (unpaired) electrons. The van der Waals surface area contributed by atoms with E-state index in [0.29, 0.717) is 31.7 Å².